The first-order chi connectivity index (χ1) is 24.6. The van der Waals surface area contributed by atoms with Gasteiger partial charge in [0.15, 0.2) is 0 Å². The maximum Gasteiger partial charge on any atom is 0.573 e. The number of benzene rings is 2. The van der Waals surface area contributed by atoms with Crippen molar-refractivity contribution >= 4 is 17.8 Å². The van der Waals surface area contributed by atoms with Gasteiger partial charge in [0.2, 0.25) is 5.95 Å². The van der Waals surface area contributed by atoms with Crippen LogP contribution in [0.5, 0.6) is 5.75 Å². The highest BCUT2D eigenvalue weighted by atomic mass is 19.4. The average molecular weight is 698 g/mol. The average Bonchev–Trinajstić information content (AvgIpc) is 3.57. The Balaban J connectivity index is 1.24. The summed E-state index contributed by atoms with van der Waals surface area (Å²) in [5, 5.41) is 20.1. The van der Waals surface area contributed by atoms with E-state index in [0.717, 1.165) is 42.4 Å². The standard InChI is InChI=1S/C37H38F3N9O2/c1-3-9-31(12-7-8-19-42-35-44-23-29(20-41)34(47-35)27-13-16-32(17-14-27)51-37(38,39)40)49(36(50)45-21-26-10-5-4-6-11-26)33-18-15-28(22-43-33)30-24-46-48(2)25-30/h4-6,10-11,13-18,22-25,31H,3,7-9,12,19,21H2,1-2H3,(H,45,50)(H,42,44,47)/t31-/m1/s1. The number of amides is 2. The highest BCUT2D eigenvalue weighted by Gasteiger charge is 2.31. The molecule has 2 aromatic carbocycles. The number of nitrogens with zero attached hydrogens (tertiary/aromatic N) is 7. The molecule has 0 radical (unpaired) electrons. The molecule has 0 fully saturated rings. The van der Waals surface area contributed by atoms with E-state index in [1.54, 1.807) is 22.0 Å². The van der Waals surface area contributed by atoms with E-state index in [9.17, 15) is 23.2 Å². The summed E-state index contributed by atoms with van der Waals surface area (Å²) in [5.41, 5.74) is 3.73. The van der Waals surface area contributed by atoms with Crippen LogP contribution in [0.25, 0.3) is 22.4 Å². The molecule has 11 nitrogen and oxygen atoms in total. The minimum atomic E-state index is -4.81. The van der Waals surface area contributed by atoms with Crippen LogP contribution in [0.3, 0.4) is 0 Å². The Labute approximate surface area is 294 Å². The summed E-state index contributed by atoms with van der Waals surface area (Å²) in [5.74, 6) is 0.467. The quantitative estimate of drug-likeness (QED) is 0.106. The Bertz CT molecular complexity index is 1910. The first kappa shape index (κ1) is 36.3. The number of hydrogen-bond acceptors (Lipinski definition) is 8. The summed E-state index contributed by atoms with van der Waals surface area (Å²) in [6, 6.07) is 20.4. The van der Waals surface area contributed by atoms with Crippen LogP contribution in [-0.2, 0) is 13.6 Å². The second-order valence-electron chi connectivity index (χ2n) is 11.8. The SMILES string of the molecule is CCC[C@H](CCCCNc1ncc(C#N)c(-c2ccc(OC(F)(F)F)cc2)n1)N(C(=O)NCc1ccccc1)c1ccc(-c2cnn(C)c2)cn1. The summed E-state index contributed by atoms with van der Waals surface area (Å²) in [7, 11) is 1.85. The van der Waals surface area contributed by atoms with Gasteiger partial charge in [-0.3, -0.25) is 9.58 Å². The number of anilines is 2. The number of pyridine rings is 1. The smallest absolute Gasteiger partial charge is 0.406 e. The van der Waals surface area contributed by atoms with Gasteiger partial charge in [0.25, 0.3) is 0 Å². The fourth-order valence-corrected chi connectivity index (χ4v) is 5.61. The Kier molecular flexibility index (Phi) is 12.2. The molecule has 264 valence electrons. The van der Waals surface area contributed by atoms with Gasteiger partial charge in [-0.25, -0.2) is 19.7 Å². The number of ether oxygens (including phenoxy) is 1. The Morgan fingerprint density at radius 1 is 0.961 bits per heavy atom. The van der Waals surface area contributed by atoms with Gasteiger partial charge in [0.1, 0.15) is 17.6 Å². The Hall–Kier alpha value is -5.97. The zero-order valence-corrected chi connectivity index (χ0v) is 28.3. The van der Waals surface area contributed by atoms with Gasteiger partial charge in [0.05, 0.1) is 23.7 Å². The summed E-state index contributed by atoms with van der Waals surface area (Å²) in [6.45, 7) is 2.98. The highest BCUT2D eigenvalue weighted by Crippen LogP contribution is 2.28. The largest absolute Gasteiger partial charge is 0.573 e. The monoisotopic (exact) mass is 697 g/mol. The fourth-order valence-electron chi connectivity index (χ4n) is 5.61. The topological polar surface area (TPSA) is 134 Å². The second-order valence-corrected chi connectivity index (χ2v) is 11.8. The van der Waals surface area contributed by atoms with Crippen LogP contribution >= 0.6 is 0 Å². The molecule has 0 aliphatic rings. The van der Waals surface area contributed by atoms with Crippen LogP contribution in [-0.4, -0.2) is 49.7 Å². The van der Waals surface area contributed by atoms with E-state index in [2.05, 4.69) is 37.4 Å². The van der Waals surface area contributed by atoms with E-state index in [4.69, 9.17) is 4.98 Å². The first-order valence-corrected chi connectivity index (χ1v) is 16.6. The van der Waals surface area contributed by atoms with Crippen molar-refractivity contribution in [3.63, 3.8) is 0 Å². The van der Waals surface area contributed by atoms with Gasteiger partial charge in [-0.05, 0) is 67.6 Å². The van der Waals surface area contributed by atoms with Crippen LogP contribution in [0.2, 0.25) is 0 Å². The number of rotatable bonds is 15. The third-order valence-electron chi connectivity index (χ3n) is 8.04. The molecule has 0 unspecified atom stereocenters. The number of aromatic nitrogens is 5. The molecule has 0 bridgehead atoms. The molecule has 2 N–H and O–H groups in total. The van der Waals surface area contributed by atoms with Gasteiger partial charge in [0, 0.05) is 55.3 Å². The lowest BCUT2D eigenvalue weighted by Gasteiger charge is -2.31. The van der Waals surface area contributed by atoms with E-state index in [-0.39, 0.29) is 35.0 Å². The van der Waals surface area contributed by atoms with E-state index < -0.39 is 6.36 Å². The molecule has 0 aliphatic heterocycles. The number of nitriles is 1. The summed E-state index contributed by atoms with van der Waals surface area (Å²) >= 11 is 0. The number of urea groups is 1. The third-order valence-corrected chi connectivity index (χ3v) is 8.04. The van der Waals surface area contributed by atoms with Gasteiger partial charge in [-0.15, -0.1) is 13.2 Å². The lowest BCUT2D eigenvalue weighted by molar-refractivity contribution is -0.274. The minimum absolute atomic E-state index is 0.121. The van der Waals surface area contributed by atoms with Crippen LogP contribution in [0.15, 0.2) is 91.5 Å². The first-order valence-electron chi connectivity index (χ1n) is 16.6. The van der Waals surface area contributed by atoms with E-state index in [1.165, 1.54) is 30.5 Å². The van der Waals surface area contributed by atoms with Crippen LogP contribution in [0, 0.1) is 11.3 Å². The Morgan fingerprint density at radius 2 is 1.73 bits per heavy atom. The molecule has 3 aromatic heterocycles. The van der Waals surface area contributed by atoms with Crippen molar-refractivity contribution in [3.05, 3.63) is 103 Å². The van der Waals surface area contributed by atoms with Crippen molar-refractivity contribution < 1.29 is 22.7 Å². The van der Waals surface area contributed by atoms with Crippen molar-refractivity contribution in [1.82, 2.24) is 30.0 Å². The molecule has 5 aromatic rings. The van der Waals surface area contributed by atoms with Gasteiger partial charge in [-0.1, -0.05) is 43.7 Å². The zero-order valence-electron chi connectivity index (χ0n) is 28.3. The number of carbonyl (C=O) groups is 1. The number of aryl methyl sites for hydroxylation is 1. The van der Waals surface area contributed by atoms with E-state index in [1.807, 2.05) is 61.8 Å². The number of hydrogen-bond donors (Lipinski definition) is 2. The molecular weight excluding hydrogens is 659 g/mol. The molecule has 2 amide bonds. The number of nitrogens with one attached hydrogen (secondary N) is 2. The van der Waals surface area contributed by atoms with Crippen molar-refractivity contribution in [2.45, 2.75) is 58.0 Å². The highest BCUT2D eigenvalue weighted by molar-refractivity contribution is 5.91. The summed E-state index contributed by atoms with van der Waals surface area (Å²) in [4.78, 5) is 29.0. The molecule has 0 spiro atoms. The molecule has 0 saturated heterocycles. The number of unbranched alkanes of at least 4 members (excludes halogenated alkanes) is 1. The molecule has 14 heteroatoms. The van der Waals surface area contributed by atoms with E-state index in [0.29, 0.717) is 30.9 Å². The van der Waals surface area contributed by atoms with Crippen molar-refractivity contribution in [2.75, 3.05) is 16.8 Å². The van der Waals surface area contributed by atoms with Crippen LogP contribution in [0.1, 0.15) is 50.2 Å². The summed E-state index contributed by atoms with van der Waals surface area (Å²) in [6.07, 6.45) is 5.86. The van der Waals surface area contributed by atoms with Crippen molar-refractivity contribution in [3.8, 4) is 34.2 Å². The molecule has 51 heavy (non-hydrogen) atoms. The van der Waals surface area contributed by atoms with Crippen molar-refractivity contribution in [2.24, 2.45) is 7.05 Å². The molecule has 0 saturated carbocycles. The molecule has 5 rings (SSSR count). The zero-order chi connectivity index (χ0) is 36.2. The molecule has 1 atom stereocenters. The predicted octanol–water partition coefficient (Wildman–Crippen LogP) is 7.88. The molecule has 0 aliphatic carbocycles. The Morgan fingerprint density at radius 3 is 2.37 bits per heavy atom. The minimum Gasteiger partial charge on any atom is -0.406 e. The predicted molar refractivity (Wildman–Crippen MR) is 187 cm³/mol. The van der Waals surface area contributed by atoms with E-state index >= 15 is 0 Å². The number of carbonyl (C=O) groups excluding carboxylic acids is 1. The van der Waals surface area contributed by atoms with Crippen molar-refractivity contribution in [1.29, 1.82) is 5.26 Å². The molecular formula is C37H38F3N9O2. The number of alkyl halides is 3. The normalized spacial score (nSPS) is 11.8. The second kappa shape index (κ2) is 17.1. The lowest BCUT2D eigenvalue weighted by atomic mass is 10.0. The van der Waals surface area contributed by atoms with Crippen LogP contribution in [0.4, 0.5) is 29.7 Å². The van der Waals surface area contributed by atoms with Crippen LogP contribution < -0.4 is 20.3 Å². The number of halogens is 3. The van der Waals surface area contributed by atoms with Gasteiger partial charge in [-0.2, -0.15) is 10.4 Å². The summed E-state index contributed by atoms with van der Waals surface area (Å²) < 4.78 is 43.4. The molecule has 3 heterocycles. The fraction of sp³-hybridized carbons (Fsp3) is 0.297. The third kappa shape index (κ3) is 10.3. The van der Waals surface area contributed by atoms with Gasteiger partial charge >= 0.3 is 12.4 Å². The maximum absolute atomic E-state index is 13.8. The van der Waals surface area contributed by atoms with Gasteiger partial charge < -0.3 is 15.4 Å². The lowest BCUT2D eigenvalue weighted by Crippen LogP contribution is -2.46. The maximum atomic E-state index is 13.8.